The average molecular weight is 363 g/mol. The van der Waals surface area contributed by atoms with E-state index in [0.29, 0.717) is 0 Å². The molecule has 2 saturated heterocycles. The first-order valence-corrected chi connectivity index (χ1v) is 10.00. The fraction of sp³-hybridized carbons (Fsp3) is 0.727. The number of hydrogen-bond acceptors (Lipinski definition) is 4. The van der Waals surface area contributed by atoms with E-state index >= 15 is 0 Å². The van der Waals surface area contributed by atoms with Crippen molar-refractivity contribution in [1.82, 2.24) is 0 Å². The van der Waals surface area contributed by atoms with Crippen LogP contribution in [0.3, 0.4) is 0 Å². The molecule has 4 heteroatoms. The molecule has 26 heavy (non-hydrogen) atoms. The van der Waals surface area contributed by atoms with Gasteiger partial charge < -0.3 is 18.9 Å². The van der Waals surface area contributed by atoms with Gasteiger partial charge in [-0.2, -0.15) is 0 Å². The highest BCUT2D eigenvalue weighted by molar-refractivity contribution is 5.25. The van der Waals surface area contributed by atoms with Crippen LogP contribution in [0.2, 0.25) is 0 Å². The molecule has 2 aliphatic rings. The zero-order chi connectivity index (χ0) is 18.6. The second-order valence-electron chi connectivity index (χ2n) is 8.27. The summed E-state index contributed by atoms with van der Waals surface area (Å²) in [5.74, 6) is 0. The SMILES string of the molecule is CCC1(COC(C)c2ccc(C(C)OCC3(CC)COC3)cc2)COC1. The predicted octanol–water partition coefficient (Wildman–Crippen LogP) is 4.70. The van der Waals surface area contributed by atoms with Crippen molar-refractivity contribution < 1.29 is 18.9 Å². The highest BCUT2D eigenvalue weighted by Gasteiger charge is 2.38. The van der Waals surface area contributed by atoms with Crippen LogP contribution >= 0.6 is 0 Å². The molecule has 0 N–H and O–H groups in total. The molecule has 0 bridgehead atoms. The molecule has 0 spiro atoms. The molecule has 0 radical (unpaired) electrons. The lowest BCUT2D eigenvalue weighted by Gasteiger charge is -2.41. The molecule has 2 heterocycles. The van der Waals surface area contributed by atoms with Gasteiger partial charge in [0, 0.05) is 10.8 Å². The van der Waals surface area contributed by atoms with Crippen molar-refractivity contribution in [3.63, 3.8) is 0 Å². The molecular formula is C22H34O4. The van der Waals surface area contributed by atoms with Crippen LogP contribution in [0.5, 0.6) is 0 Å². The van der Waals surface area contributed by atoms with E-state index < -0.39 is 0 Å². The lowest BCUT2D eigenvalue weighted by atomic mass is 9.84. The van der Waals surface area contributed by atoms with Crippen LogP contribution in [-0.2, 0) is 18.9 Å². The molecule has 2 fully saturated rings. The molecule has 0 aliphatic carbocycles. The average Bonchev–Trinajstić information content (AvgIpc) is 2.60. The van der Waals surface area contributed by atoms with Gasteiger partial charge in [-0.3, -0.25) is 0 Å². The zero-order valence-corrected chi connectivity index (χ0v) is 16.8. The molecule has 1 aromatic carbocycles. The lowest BCUT2D eigenvalue weighted by molar-refractivity contribution is -0.159. The highest BCUT2D eigenvalue weighted by Crippen LogP contribution is 2.35. The minimum Gasteiger partial charge on any atom is -0.380 e. The fourth-order valence-corrected chi connectivity index (χ4v) is 3.39. The first kappa shape index (κ1) is 19.8. The van der Waals surface area contributed by atoms with Crippen LogP contribution < -0.4 is 0 Å². The van der Waals surface area contributed by atoms with Crippen LogP contribution in [0, 0.1) is 10.8 Å². The maximum atomic E-state index is 6.13. The molecule has 2 atom stereocenters. The van der Waals surface area contributed by atoms with Gasteiger partial charge in [0.05, 0.1) is 51.8 Å². The molecular weight excluding hydrogens is 328 g/mol. The Kier molecular flexibility index (Phi) is 6.39. The largest absolute Gasteiger partial charge is 0.380 e. The third kappa shape index (κ3) is 4.30. The first-order valence-electron chi connectivity index (χ1n) is 10.00. The maximum absolute atomic E-state index is 6.13. The standard InChI is InChI=1S/C22H34O4/c1-5-21(11-23-12-21)15-25-17(3)19-7-9-20(10-8-19)18(4)26-16-22(6-2)13-24-14-22/h7-10,17-18H,5-6,11-16H2,1-4H3. The fourth-order valence-electron chi connectivity index (χ4n) is 3.39. The number of hydrogen-bond donors (Lipinski definition) is 0. The summed E-state index contributed by atoms with van der Waals surface area (Å²) < 4.78 is 23.0. The molecule has 0 saturated carbocycles. The summed E-state index contributed by atoms with van der Waals surface area (Å²) in [6, 6.07) is 8.66. The highest BCUT2D eigenvalue weighted by atomic mass is 16.5. The maximum Gasteiger partial charge on any atom is 0.0797 e. The second kappa shape index (κ2) is 8.39. The molecule has 2 aliphatic heterocycles. The van der Waals surface area contributed by atoms with Gasteiger partial charge in [-0.05, 0) is 37.8 Å². The minimum atomic E-state index is 0.0970. The lowest BCUT2D eigenvalue weighted by Crippen LogP contribution is -2.45. The summed E-state index contributed by atoms with van der Waals surface area (Å²) >= 11 is 0. The molecule has 0 aromatic heterocycles. The van der Waals surface area contributed by atoms with Crippen molar-refractivity contribution in [3.05, 3.63) is 35.4 Å². The minimum absolute atomic E-state index is 0.0970. The Labute approximate surface area is 158 Å². The van der Waals surface area contributed by atoms with Crippen LogP contribution in [0.15, 0.2) is 24.3 Å². The van der Waals surface area contributed by atoms with E-state index in [2.05, 4.69) is 52.0 Å². The Morgan fingerprint density at radius 1 is 0.769 bits per heavy atom. The smallest absolute Gasteiger partial charge is 0.0797 e. The molecule has 3 rings (SSSR count). The normalized spacial score (nSPS) is 22.9. The Morgan fingerprint density at radius 2 is 1.12 bits per heavy atom. The summed E-state index contributed by atoms with van der Waals surface area (Å²) in [5.41, 5.74) is 2.89. The van der Waals surface area contributed by atoms with Gasteiger partial charge in [-0.25, -0.2) is 0 Å². The summed E-state index contributed by atoms with van der Waals surface area (Å²) in [6.45, 7) is 13.5. The summed E-state index contributed by atoms with van der Waals surface area (Å²) in [5, 5.41) is 0. The Morgan fingerprint density at radius 3 is 1.35 bits per heavy atom. The first-order chi connectivity index (χ1) is 12.5. The number of benzene rings is 1. The summed E-state index contributed by atoms with van der Waals surface area (Å²) in [6.07, 6.45) is 2.41. The summed E-state index contributed by atoms with van der Waals surface area (Å²) in [4.78, 5) is 0. The van der Waals surface area contributed by atoms with E-state index in [4.69, 9.17) is 18.9 Å². The van der Waals surface area contributed by atoms with Gasteiger partial charge in [0.15, 0.2) is 0 Å². The molecule has 146 valence electrons. The van der Waals surface area contributed by atoms with Crippen LogP contribution in [-0.4, -0.2) is 39.6 Å². The monoisotopic (exact) mass is 362 g/mol. The van der Waals surface area contributed by atoms with Crippen molar-refractivity contribution >= 4 is 0 Å². The molecule has 2 unspecified atom stereocenters. The van der Waals surface area contributed by atoms with E-state index in [0.717, 1.165) is 52.5 Å². The Bertz CT molecular complexity index is 498. The molecule has 1 aromatic rings. The van der Waals surface area contributed by atoms with Crippen molar-refractivity contribution in [1.29, 1.82) is 0 Å². The Hall–Kier alpha value is -0.940. The van der Waals surface area contributed by atoms with Crippen LogP contribution in [0.1, 0.15) is 63.9 Å². The van der Waals surface area contributed by atoms with Gasteiger partial charge >= 0.3 is 0 Å². The predicted molar refractivity (Wildman–Crippen MR) is 102 cm³/mol. The second-order valence-corrected chi connectivity index (χ2v) is 8.27. The van der Waals surface area contributed by atoms with Crippen molar-refractivity contribution in [2.75, 3.05) is 39.6 Å². The van der Waals surface area contributed by atoms with E-state index in [1.54, 1.807) is 0 Å². The van der Waals surface area contributed by atoms with E-state index in [-0.39, 0.29) is 23.0 Å². The zero-order valence-electron chi connectivity index (χ0n) is 16.8. The molecule has 0 amide bonds. The van der Waals surface area contributed by atoms with Gasteiger partial charge in [0.25, 0.3) is 0 Å². The topological polar surface area (TPSA) is 36.9 Å². The van der Waals surface area contributed by atoms with Crippen LogP contribution in [0.25, 0.3) is 0 Å². The van der Waals surface area contributed by atoms with Crippen LogP contribution in [0.4, 0.5) is 0 Å². The van der Waals surface area contributed by atoms with E-state index in [1.807, 2.05) is 0 Å². The van der Waals surface area contributed by atoms with Crippen molar-refractivity contribution in [2.24, 2.45) is 10.8 Å². The van der Waals surface area contributed by atoms with E-state index in [1.165, 1.54) is 11.1 Å². The van der Waals surface area contributed by atoms with Crippen molar-refractivity contribution in [2.45, 2.75) is 52.7 Å². The van der Waals surface area contributed by atoms with Gasteiger partial charge in [-0.1, -0.05) is 38.1 Å². The third-order valence-corrected chi connectivity index (χ3v) is 6.29. The van der Waals surface area contributed by atoms with Gasteiger partial charge in [-0.15, -0.1) is 0 Å². The Balaban J connectivity index is 1.49. The summed E-state index contributed by atoms with van der Waals surface area (Å²) in [7, 11) is 0. The van der Waals surface area contributed by atoms with Crippen molar-refractivity contribution in [3.8, 4) is 0 Å². The third-order valence-electron chi connectivity index (χ3n) is 6.29. The van der Waals surface area contributed by atoms with Gasteiger partial charge in [0.1, 0.15) is 0 Å². The van der Waals surface area contributed by atoms with Gasteiger partial charge in [0.2, 0.25) is 0 Å². The molecule has 4 nitrogen and oxygen atoms in total. The van der Waals surface area contributed by atoms with E-state index in [9.17, 15) is 0 Å². The number of rotatable bonds is 10. The quantitative estimate of drug-likeness (QED) is 0.605. The number of ether oxygens (including phenoxy) is 4.